The minimum Gasteiger partial charge on any atom is -0.350 e. The Bertz CT molecular complexity index is 632. The zero-order valence-corrected chi connectivity index (χ0v) is 14.9. The van der Waals surface area contributed by atoms with Gasteiger partial charge in [0.2, 0.25) is 5.91 Å². The molecule has 128 valence electrons. The number of rotatable bonds is 5. The molecule has 5 nitrogen and oxygen atoms in total. The maximum Gasteiger partial charge on any atom is 0.220 e. The Morgan fingerprint density at radius 1 is 1.26 bits per heavy atom. The number of hydrogen-bond acceptors (Lipinski definition) is 4. The maximum absolute atomic E-state index is 12.2. The molecule has 1 saturated heterocycles. The van der Waals surface area contributed by atoms with Gasteiger partial charge in [-0.2, -0.15) is 0 Å². The first kappa shape index (κ1) is 17.9. The summed E-state index contributed by atoms with van der Waals surface area (Å²) >= 11 is 0. The van der Waals surface area contributed by atoms with Crippen molar-refractivity contribution in [2.75, 3.05) is 26.4 Å². The quantitative estimate of drug-likeness (QED) is 0.892. The molecule has 23 heavy (non-hydrogen) atoms. The normalized spacial score (nSPS) is 18.6. The third-order valence-corrected chi connectivity index (χ3v) is 5.63. The number of carbonyl (C=O) groups is 1. The van der Waals surface area contributed by atoms with Crippen LogP contribution in [-0.4, -0.2) is 45.6 Å². The molecule has 0 aromatic heterocycles. The van der Waals surface area contributed by atoms with Gasteiger partial charge in [-0.1, -0.05) is 12.1 Å². The van der Waals surface area contributed by atoms with Crippen LogP contribution in [0.3, 0.4) is 0 Å². The van der Waals surface area contributed by atoms with Crippen molar-refractivity contribution in [1.82, 2.24) is 10.2 Å². The van der Waals surface area contributed by atoms with E-state index in [9.17, 15) is 13.2 Å². The summed E-state index contributed by atoms with van der Waals surface area (Å²) in [5, 5.41) is 3.01. The van der Waals surface area contributed by atoms with Crippen molar-refractivity contribution in [2.45, 2.75) is 37.1 Å². The van der Waals surface area contributed by atoms with E-state index in [0.717, 1.165) is 31.5 Å². The van der Waals surface area contributed by atoms with Crippen LogP contribution in [0.2, 0.25) is 0 Å². The molecule has 1 fully saturated rings. The molecule has 0 bridgehead atoms. The summed E-state index contributed by atoms with van der Waals surface area (Å²) in [6, 6.07) is 6.57. The minimum absolute atomic E-state index is 0.0687. The zero-order chi connectivity index (χ0) is 17.0. The number of nitrogens with one attached hydrogen (secondary N) is 1. The van der Waals surface area contributed by atoms with Crippen LogP contribution in [0.25, 0.3) is 0 Å². The first-order valence-corrected chi connectivity index (χ1v) is 9.93. The molecule has 1 aromatic rings. The van der Waals surface area contributed by atoms with E-state index in [1.54, 1.807) is 24.3 Å². The van der Waals surface area contributed by atoms with Crippen LogP contribution in [0, 0.1) is 5.92 Å². The largest absolute Gasteiger partial charge is 0.350 e. The van der Waals surface area contributed by atoms with E-state index in [1.807, 2.05) is 6.92 Å². The zero-order valence-electron chi connectivity index (χ0n) is 14.1. The lowest BCUT2D eigenvalue weighted by Crippen LogP contribution is -2.34. The summed E-state index contributed by atoms with van der Waals surface area (Å²) in [5.41, 5.74) is 0.911. The van der Waals surface area contributed by atoms with Crippen LogP contribution >= 0.6 is 0 Å². The highest BCUT2D eigenvalue weighted by atomic mass is 32.2. The molecule has 1 aliphatic rings. The molecule has 1 N–H and O–H groups in total. The molecular weight excluding hydrogens is 312 g/mol. The molecule has 1 aliphatic heterocycles. The molecule has 1 amide bonds. The third kappa shape index (κ3) is 5.32. The van der Waals surface area contributed by atoms with Gasteiger partial charge in [-0.15, -0.1) is 0 Å². The summed E-state index contributed by atoms with van der Waals surface area (Å²) < 4.78 is 22.9. The average Bonchev–Trinajstić information content (AvgIpc) is 2.49. The second kappa shape index (κ2) is 7.45. The monoisotopic (exact) mass is 338 g/mol. The van der Waals surface area contributed by atoms with Crippen molar-refractivity contribution in [1.29, 1.82) is 0 Å². The summed E-state index contributed by atoms with van der Waals surface area (Å²) in [4.78, 5) is 14.8. The van der Waals surface area contributed by atoms with Gasteiger partial charge in [0.1, 0.15) is 0 Å². The van der Waals surface area contributed by atoms with Gasteiger partial charge in [0.05, 0.1) is 10.9 Å². The van der Waals surface area contributed by atoms with E-state index in [4.69, 9.17) is 0 Å². The van der Waals surface area contributed by atoms with Crippen LogP contribution in [0.5, 0.6) is 0 Å². The molecular formula is C17H26N2O3S. The highest BCUT2D eigenvalue weighted by Crippen LogP contribution is 2.21. The molecule has 1 aromatic carbocycles. The average molecular weight is 338 g/mol. The number of hydrogen-bond donors (Lipinski definition) is 1. The third-order valence-electron chi connectivity index (χ3n) is 4.50. The van der Waals surface area contributed by atoms with Crippen molar-refractivity contribution in [2.24, 2.45) is 5.92 Å². The first-order chi connectivity index (χ1) is 10.8. The lowest BCUT2D eigenvalue weighted by Gasteiger charge is -2.28. The van der Waals surface area contributed by atoms with E-state index in [1.165, 1.54) is 6.26 Å². The van der Waals surface area contributed by atoms with Gasteiger partial charge in [0.15, 0.2) is 9.84 Å². The van der Waals surface area contributed by atoms with E-state index in [0.29, 0.717) is 17.2 Å². The van der Waals surface area contributed by atoms with E-state index < -0.39 is 9.84 Å². The molecule has 1 heterocycles. The molecule has 6 heteroatoms. The predicted octanol–water partition coefficient (Wildman–Crippen LogP) is 2.00. The summed E-state index contributed by atoms with van der Waals surface area (Å²) in [7, 11) is -1.07. The van der Waals surface area contributed by atoms with Gasteiger partial charge in [0.25, 0.3) is 0 Å². The van der Waals surface area contributed by atoms with Gasteiger partial charge in [-0.3, -0.25) is 4.79 Å². The van der Waals surface area contributed by atoms with E-state index >= 15 is 0 Å². The Kier molecular flexibility index (Phi) is 5.81. The van der Waals surface area contributed by atoms with Gasteiger partial charge in [0, 0.05) is 12.7 Å². The van der Waals surface area contributed by atoms with Crippen molar-refractivity contribution >= 4 is 15.7 Å². The molecule has 0 radical (unpaired) electrons. The van der Waals surface area contributed by atoms with Crippen molar-refractivity contribution < 1.29 is 13.2 Å². The number of carbonyl (C=O) groups excluding carboxylic acids is 1. The standard InChI is InChI=1S/C17H26N2O3S/c1-13(15-4-6-16(7-5-15)23(3,21)22)18-17(20)12-14-8-10-19(2)11-9-14/h4-7,13-14H,8-12H2,1-3H3,(H,18,20)/t13-/m0/s1. The van der Waals surface area contributed by atoms with Crippen molar-refractivity contribution in [3.8, 4) is 0 Å². The fourth-order valence-electron chi connectivity index (χ4n) is 2.92. The summed E-state index contributed by atoms with van der Waals surface area (Å²) in [6.07, 6.45) is 3.90. The van der Waals surface area contributed by atoms with Crippen LogP contribution in [-0.2, 0) is 14.6 Å². The fraction of sp³-hybridized carbons (Fsp3) is 0.588. The van der Waals surface area contributed by atoms with Crippen LogP contribution in [0.4, 0.5) is 0 Å². The van der Waals surface area contributed by atoms with Crippen LogP contribution in [0.15, 0.2) is 29.2 Å². The lowest BCUT2D eigenvalue weighted by atomic mass is 9.93. The number of likely N-dealkylation sites (tertiary alicyclic amines) is 1. The molecule has 0 unspecified atom stereocenters. The molecule has 1 atom stereocenters. The van der Waals surface area contributed by atoms with Crippen LogP contribution in [0.1, 0.15) is 37.8 Å². The number of sulfone groups is 1. The Labute approximate surface area is 139 Å². The highest BCUT2D eigenvalue weighted by molar-refractivity contribution is 7.90. The van der Waals surface area contributed by atoms with Gasteiger partial charge in [-0.05, 0) is 63.5 Å². The fourth-order valence-corrected chi connectivity index (χ4v) is 3.55. The topological polar surface area (TPSA) is 66.5 Å². The molecule has 0 spiro atoms. The smallest absolute Gasteiger partial charge is 0.220 e. The second-order valence-electron chi connectivity index (χ2n) is 6.58. The van der Waals surface area contributed by atoms with Gasteiger partial charge >= 0.3 is 0 Å². The van der Waals surface area contributed by atoms with E-state index in [2.05, 4.69) is 17.3 Å². The Morgan fingerprint density at radius 3 is 2.35 bits per heavy atom. The highest BCUT2D eigenvalue weighted by Gasteiger charge is 2.20. The van der Waals surface area contributed by atoms with Crippen molar-refractivity contribution in [3.63, 3.8) is 0 Å². The minimum atomic E-state index is -3.18. The number of amides is 1. The lowest BCUT2D eigenvalue weighted by molar-refractivity contribution is -0.123. The predicted molar refractivity (Wildman–Crippen MR) is 90.9 cm³/mol. The number of piperidine rings is 1. The Balaban J connectivity index is 1.88. The van der Waals surface area contributed by atoms with Gasteiger partial charge in [-0.25, -0.2) is 8.42 Å². The molecule has 0 aliphatic carbocycles. The Hall–Kier alpha value is -1.40. The van der Waals surface area contributed by atoms with E-state index in [-0.39, 0.29) is 11.9 Å². The van der Waals surface area contributed by atoms with Crippen LogP contribution < -0.4 is 5.32 Å². The number of benzene rings is 1. The first-order valence-electron chi connectivity index (χ1n) is 8.03. The SMILES string of the molecule is C[C@H](NC(=O)CC1CCN(C)CC1)c1ccc(S(C)(=O)=O)cc1. The second-order valence-corrected chi connectivity index (χ2v) is 8.60. The maximum atomic E-state index is 12.2. The number of nitrogens with zero attached hydrogens (tertiary/aromatic N) is 1. The Morgan fingerprint density at radius 2 is 1.83 bits per heavy atom. The summed E-state index contributed by atoms with van der Waals surface area (Å²) in [6.45, 7) is 4.03. The van der Waals surface area contributed by atoms with Crippen molar-refractivity contribution in [3.05, 3.63) is 29.8 Å². The molecule has 0 saturated carbocycles. The summed E-state index contributed by atoms with van der Waals surface area (Å²) in [5.74, 6) is 0.533. The van der Waals surface area contributed by atoms with Gasteiger partial charge < -0.3 is 10.2 Å². The molecule has 2 rings (SSSR count).